The number of hydrogen-bond acceptors (Lipinski definition) is 9. The van der Waals surface area contributed by atoms with Crippen LogP contribution in [0.5, 0.6) is 0 Å². The Hall–Kier alpha value is -2.64. The maximum Gasteiger partial charge on any atom is 0.409 e. The summed E-state index contributed by atoms with van der Waals surface area (Å²) in [6.07, 6.45) is 20.5. The van der Waals surface area contributed by atoms with Gasteiger partial charge in [-0.1, -0.05) is 21.3 Å². The smallest absolute Gasteiger partial charge is 0.409 e. The molecule has 0 unspecified atom stereocenters. The average molecular weight is 871 g/mol. The molecule has 4 amide bonds. The number of carbonyl (C=O) groups is 4. The Morgan fingerprint density at radius 2 is 0.919 bits per heavy atom. The molecule has 0 aromatic carbocycles. The normalized spacial score (nSPS) is 32.7. The zero-order valence-corrected chi connectivity index (χ0v) is 38.6. The van der Waals surface area contributed by atoms with Gasteiger partial charge in [-0.25, -0.2) is 9.59 Å². The van der Waals surface area contributed by atoms with Gasteiger partial charge in [0.25, 0.3) is 0 Å². The highest BCUT2D eigenvalue weighted by atomic mass is 16.6. The fourth-order valence-electron chi connectivity index (χ4n) is 13.1. The van der Waals surface area contributed by atoms with Gasteiger partial charge in [-0.05, 0) is 165 Å². The minimum absolute atomic E-state index is 0. The Balaban J connectivity index is 0.000000183. The summed E-state index contributed by atoms with van der Waals surface area (Å²) < 4.78 is 15.3. The standard InChI is InChI=1S/2C22H37N3O3.C4H8O.CH4/c2*1-3-20(26)25-10-5-6-19(25)17-7-11-23(12-8-17)18-14-22(15-18)9-13-24(16-22)21(27)28-4-2;1-2-4-5-3-1;/h2*17-19H,3-16H2,1-2H3;1-4H2;1H4/t2*18?,19-,22?;;/m00../s1. The topological polar surface area (TPSA) is 115 Å². The van der Waals surface area contributed by atoms with Gasteiger partial charge in [-0.2, -0.15) is 0 Å². The summed E-state index contributed by atoms with van der Waals surface area (Å²) in [5, 5.41) is 0. The van der Waals surface area contributed by atoms with Crippen molar-refractivity contribution in [3.05, 3.63) is 0 Å². The van der Waals surface area contributed by atoms with Crippen LogP contribution < -0.4 is 0 Å². The number of likely N-dealkylation sites (tertiary alicyclic amines) is 6. The van der Waals surface area contributed by atoms with Crippen molar-refractivity contribution in [2.24, 2.45) is 22.7 Å². The van der Waals surface area contributed by atoms with E-state index in [1.165, 1.54) is 116 Å². The second-order valence-corrected chi connectivity index (χ2v) is 20.2. The third kappa shape index (κ3) is 11.4. The maximum atomic E-state index is 12.2. The molecule has 9 aliphatic rings. The van der Waals surface area contributed by atoms with Gasteiger partial charge in [0, 0.05) is 89.5 Å². The first-order valence-electron chi connectivity index (χ1n) is 25.1. The van der Waals surface area contributed by atoms with Crippen molar-refractivity contribution in [3.63, 3.8) is 0 Å². The molecular formula is C49H86N6O7. The molecule has 2 atom stereocenters. The fourth-order valence-corrected chi connectivity index (χ4v) is 13.1. The van der Waals surface area contributed by atoms with Crippen molar-refractivity contribution in [1.82, 2.24) is 29.4 Å². The van der Waals surface area contributed by atoms with E-state index in [0.29, 0.717) is 84.7 Å². The summed E-state index contributed by atoms with van der Waals surface area (Å²) in [7, 11) is 0. The van der Waals surface area contributed by atoms with Crippen LogP contribution in [-0.4, -0.2) is 169 Å². The summed E-state index contributed by atoms with van der Waals surface area (Å²) in [5.74, 6) is 2.07. The van der Waals surface area contributed by atoms with Gasteiger partial charge in [0.15, 0.2) is 0 Å². The average Bonchev–Trinajstić information content (AvgIpc) is 4.12. The first-order chi connectivity index (χ1) is 29.6. The van der Waals surface area contributed by atoms with Crippen LogP contribution in [0.25, 0.3) is 0 Å². The van der Waals surface area contributed by atoms with Crippen LogP contribution in [0.2, 0.25) is 0 Å². The number of ether oxygens (including phenoxy) is 3. The molecule has 2 aliphatic carbocycles. The highest BCUT2D eigenvalue weighted by Gasteiger charge is 2.53. The molecule has 2 saturated carbocycles. The minimum atomic E-state index is -0.133. The number of amides is 4. The third-order valence-electron chi connectivity index (χ3n) is 16.5. The number of nitrogens with zero attached hydrogens (tertiary/aromatic N) is 6. The molecule has 0 aromatic heterocycles. The highest BCUT2D eigenvalue weighted by Crippen LogP contribution is 2.52. The van der Waals surface area contributed by atoms with Crippen LogP contribution in [0.3, 0.4) is 0 Å². The van der Waals surface area contributed by atoms with Gasteiger partial charge >= 0.3 is 12.2 Å². The van der Waals surface area contributed by atoms with Crippen molar-refractivity contribution in [2.45, 2.75) is 175 Å². The Bertz CT molecular complexity index is 1340. The highest BCUT2D eigenvalue weighted by molar-refractivity contribution is 5.77. The number of rotatable bonds is 8. The Morgan fingerprint density at radius 1 is 0.532 bits per heavy atom. The van der Waals surface area contributed by atoms with Gasteiger partial charge in [0.05, 0.1) is 13.2 Å². The Morgan fingerprint density at radius 3 is 1.24 bits per heavy atom. The van der Waals surface area contributed by atoms with Crippen LogP contribution in [0.15, 0.2) is 0 Å². The second-order valence-electron chi connectivity index (χ2n) is 20.2. The molecule has 7 heterocycles. The zero-order valence-electron chi connectivity index (χ0n) is 38.6. The molecule has 9 rings (SSSR count). The van der Waals surface area contributed by atoms with E-state index in [1.54, 1.807) is 0 Å². The minimum Gasteiger partial charge on any atom is -0.450 e. The summed E-state index contributed by atoms with van der Waals surface area (Å²) in [6.45, 7) is 20.8. The Kier molecular flexibility index (Phi) is 17.7. The van der Waals surface area contributed by atoms with Gasteiger partial charge in [-0.15, -0.1) is 0 Å². The first-order valence-corrected chi connectivity index (χ1v) is 25.1. The van der Waals surface area contributed by atoms with Crippen LogP contribution in [0, 0.1) is 22.7 Å². The predicted octanol–water partition coefficient (Wildman–Crippen LogP) is 7.65. The molecule has 7 aliphatic heterocycles. The van der Waals surface area contributed by atoms with E-state index in [4.69, 9.17) is 14.2 Å². The molecule has 0 radical (unpaired) electrons. The lowest BCUT2D eigenvalue weighted by molar-refractivity contribution is -0.133. The molecule has 0 bridgehead atoms. The molecule has 9 fully saturated rings. The number of piperidine rings is 2. The molecule has 62 heavy (non-hydrogen) atoms. The Labute approximate surface area is 375 Å². The molecule has 2 spiro atoms. The van der Waals surface area contributed by atoms with Crippen LogP contribution >= 0.6 is 0 Å². The van der Waals surface area contributed by atoms with E-state index < -0.39 is 0 Å². The second kappa shape index (κ2) is 22.5. The van der Waals surface area contributed by atoms with E-state index in [1.807, 2.05) is 37.5 Å². The lowest BCUT2D eigenvalue weighted by Gasteiger charge is -2.52. The van der Waals surface area contributed by atoms with Gasteiger partial charge in [0.1, 0.15) is 0 Å². The quantitative estimate of drug-likeness (QED) is 0.243. The van der Waals surface area contributed by atoms with E-state index in [2.05, 4.69) is 19.6 Å². The predicted molar refractivity (Wildman–Crippen MR) is 243 cm³/mol. The van der Waals surface area contributed by atoms with E-state index in [9.17, 15) is 19.2 Å². The zero-order chi connectivity index (χ0) is 43.0. The van der Waals surface area contributed by atoms with Gasteiger partial charge < -0.3 is 43.6 Å². The van der Waals surface area contributed by atoms with E-state index in [-0.39, 0.29) is 19.6 Å². The maximum absolute atomic E-state index is 12.2. The monoisotopic (exact) mass is 871 g/mol. The van der Waals surface area contributed by atoms with Crippen LogP contribution in [0.4, 0.5) is 9.59 Å². The molecule has 0 N–H and O–H groups in total. The SMILES string of the molecule is C.C1CCOC1.CCOC(=O)N1CCC2(CC(N3CCC([C@@H]4CCCN4C(=O)CC)CC3)C2)C1.CCOC(=O)N1CCC2(CC(N3CCC([C@@H]4CCCN4C(=O)CC)CC3)C2)C1. The van der Waals surface area contributed by atoms with Crippen LogP contribution in [0.1, 0.15) is 151 Å². The molecule has 7 saturated heterocycles. The summed E-state index contributed by atoms with van der Waals surface area (Å²) in [6, 6.07) is 2.38. The number of carbonyl (C=O) groups excluding carboxylic acids is 4. The molecule has 13 heteroatoms. The molecule has 0 aromatic rings. The van der Waals surface area contributed by atoms with Crippen molar-refractivity contribution in [2.75, 3.05) is 91.9 Å². The van der Waals surface area contributed by atoms with Crippen molar-refractivity contribution in [1.29, 1.82) is 0 Å². The summed E-state index contributed by atoms with van der Waals surface area (Å²) in [4.78, 5) is 62.0. The summed E-state index contributed by atoms with van der Waals surface area (Å²) >= 11 is 0. The van der Waals surface area contributed by atoms with Gasteiger partial charge in [0.2, 0.25) is 11.8 Å². The van der Waals surface area contributed by atoms with Crippen molar-refractivity contribution < 1.29 is 33.4 Å². The van der Waals surface area contributed by atoms with E-state index >= 15 is 0 Å². The third-order valence-corrected chi connectivity index (χ3v) is 16.5. The lowest BCUT2D eigenvalue weighted by atomic mass is 9.64. The lowest BCUT2D eigenvalue weighted by Crippen LogP contribution is -2.55. The van der Waals surface area contributed by atoms with Gasteiger partial charge in [-0.3, -0.25) is 9.59 Å². The van der Waals surface area contributed by atoms with Crippen molar-refractivity contribution >= 4 is 24.0 Å². The summed E-state index contributed by atoms with van der Waals surface area (Å²) in [5.41, 5.74) is 0.703. The number of hydrogen-bond donors (Lipinski definition) is 0. The van der Waals surface area contributed by atoms with Crippen molar-refractivity contribution in [3.8, 4) is 0 Å². The fraction of sp³-hybridized carbons (Fsp3) is 0.918. The molecule has 354 valence electrons. The first kappa shape index (κ1) is 48.8. The largest absolute Gasteiger partial charge is 0.450 e. The van der Waals surface area contributed by atoms with E-state index in [0.717, 1.165) is 65.3 Å². The molecular weight excluding hydrogens is 785 g/mol. The molecule has 13 nitrogen and oxygen atoms in total. The van der Waals surface area contributed by atoms with Crippen LogP contribution in [-0.2, 0) is 23.8 Å².